The van der Waals surface area contributed by atoms with E-state index in [0.717, 1.165) is 19.6 Å². The van der Waals surface area contributed by atoms with Gasteiger partial charge in [0.25, 0.3) is 0 Å². The molecule has 116 valence electrons. The fourth-order valence-electron chi connectivity index (χ4n) is 2.51. The number of thiophene rings is 1. The molecule has 0 amide bonds. The molecule has 1 atom stereocenters. The lowest BCUT2D eigenvalue weighted by atomic mass is 9.84. The molecule has 0 radical (unpaired) electrons. The average molecular weight is 297 g/mol. The van der Waals surface area contributed by atoms with Crippen molar-refractivity contribution in [2.24, 2.45) is 5.41 Å². The Morgan fingerprint density at radius 3 is 2.45 bits per heavy atom. The van der Waals surface area contributed by atoms with Crippen LogP contribution in [-0.2, 0) is 6.54 Å². The summed E-state index contributed by atoms with van der Waals surface area (Å²) in [6, 6.07) is 5.57. The Morgan fingerprint density at radius 1 is 1.30 bits per heavy atom. The van der Waals surface area contributed by atoms with E-state index < -0.39 is 0 Å². The van der Waals surface area contributed by atoms with Gasteiger partial charge in [-0.2, -0.15) is 0 Å². The monoisotopic (exact) mass is 296 g/mol. The van der Waals surface area contributed by atoms with Gasteiger partial charge in [-0.05, 0) is 43.7 Å². The quantitative estimate of drug-likeness (QED) is 0.766. The number of nitrogens with one attached hydrogen (secondary N) is 1. The van der Waals surface area contributed by atoms with Gasteiger partial charge in [-0.25, -0.2) is 0 Å². The molecule has 0 saturated heterocycles. The van der Waals surface area contributed by atoms with Gasteiger partial charge in [-0.1, -0.05) is 33.8 Å². The minimum absolute atomic E-state index is 0.321. The molecule has 1 rings (SSSR count). The van der Waals surface area contributed by atoms with Crippen molar-refractivity contribution >= 4 is 11.3 Å². The highest BCUT2D eigenvalue weighted by Gasteiger charge is 2.24. The summed E-state index contributed by atoms with van der Waals surface area (Å²) in [4.78, 5) is 4.05. The average Bonchev–Trinajstić information content (AvgIpc) is 2.83. The molecule has 0 aliphatic heterocycles. The van der Waals surface area contributed by atoms with E-state index in [1.54, 1.807) is 0 Å². The van der Waals surface area contributed by atoms with Crippen LogP contribution in [0.1, 0.15) is 52.8 Å². The highest BCUT2D eigenvalue weighted by molar-refractivity contribution is 7.09. The molecule has 0 aromatic carbocycles. The third-order valence-electron chi connectivity index (χ3n) is 3.87. The Morgan fingerprint density at radius 2 is 2.00 bits per heavy atom. The lowest BCUT2D eigenvalue weighted by Crippen LogP contribution is -2.43. The molecule has 1 unspecified atom stereocenters. The van der Waals surface area contributed by atoms with Gasteiger partial charge in [0.05, 0.1) is 0 Å². The third kappa shape index (κ3) is 5.94. The van der Waals surface area contributed by atoms with Crippen molar-refractivity contribution in [3.63, 3.8) is 0 Å². The van der Waals surface area contributed by atoms with E-state index in [0.29, 0.717) is 17.5 Å². The lowest BCUT2D eigenvalue weighted by molar-refractivity contribution is 0.174. The highest BCUT2D eigenvalue weighted by atomic mass is 32.1. The molecule has 0 spiro atoms. The van der Waals surface area contributed by atoms with Crippen LogP contribution in [0.15, 0.2) is 17.5 Å². The van der Waals surface area contributed by atoms with E-state index in [4.69, 9.17) is 0 Å². The number of hydrogen-bond acceptors (Lipinski definition) is 3. The van der Waals surface area contributed by atoms with Crippen LogP contribution >= 0.6 is 11.3 Å². The zero-order chi connectivity index (χ0) is 15.2. The van der Waals surface area contributed by atoms with Gasteiger partial charge in [0, 0.05) is 30.1 Å². The smallest absolute Gasteiger partial charge is 0.0330 e. The number of hydrogen-bond donors (Lipinski definition) is 1. The van der Waals surface area contributed by atoms with Crippen LogP contribution in [0.4, 0.5) is 0 Å². The van der Waals surface area contributed by atoms with Crippen LogP contribution < -0.4 is 5.32 Å². The van der Waals surface area contributed by atoms with Crippen molar-refractivity contribution < 1.29 is 0 Å². The Balaban J connectivity index is 2.57. The Labute approximate surface area is 129 Å². The first-order valence-corrected chi connectivity index (χ1v) is 8.72. The number of rotatable bonds is 8. The SMILES string of the molecule is CCNC(CCN(Cc1cccs1)C(C)C)C(C)(C)C. The van der Waals surface area contributed by atoms with Gasteiger partial charge >= 0.3 is 0 Å². The standard InChI is InChI=1S/C17H32N2S/c1-7-18-16(17(4,5)6)10-11-19(14(2)3)13-15-9-8-12-20-15/h8-9,12,14,16,18H,7,10-11,13H2,1-6H3. The zero-order valence-corrected chi connectivity index (χ0v) is 14.9. The van der Waals surface area contributed by atoms with Crippen molar-refractivity contribution in [1.29, 1.82) is 0 Å². The summed E-state index contributed by atoms with van der Waals surface area (Å²) in [6.07, 6.45) is 1.21. The van der Waals surface area contributed by atoms with E-state index in [2.05, 4.69) is 69.3 Å². The maximum Gasteiger partial charge on any atom is 0.0330 e. The molecular weight excluding hydrogens is 264 g/mol. The summed E-state index contributed by atoms with van der Waals surface area (Å²) >= 11 is 1.86. The van der Waals surface area contributed by atoms with Crippen LogP contribution in [0.2, 0.25) is 0 Å². The first kappa shape index (κ1) is 17.7. The molecule has 0 aliphatic carbocycles. The van der Waals surface area contributed by atoms with Gasteiger partial charge in [0.1, 0.15) is 0 Å². The fraction of sp³-hybridized carbons (Fsp3) is 0.765. The molecule has 1 aromatic heterocycles. The summed E-state index contributed by atoms with van der Waals surface area (Å²) in [7, 11) is 0. The van der Waals surface area contributed by atoms with E-state index in [9.17, 15) is 0 Å². The minimum atomic E-state index is 0.321. The predicted octanol–water partition coefficient (Wildman–Crippen LogP) is 4.37. The van der Waals surface area contributed by atoms with Crippen molar-refractivity contribution in [1.82, 2.24) is 10.2 Å². The van der Waals surface area contributed by atoms with Gasteiger partial charge < -0.3 is 5.32 Å². The summed E-state index contributed by atoms with van der Waals surface area (Å²) in [6.45, 7) is 17.1. The maximum atomic E-state index is 3.65. The van der Waals surface area contributed by atoms with E-state index in [1.807, 2.05) is 11.3 Å². The second-order valence-corrected chi connectivity index (χ2v) is 7.94. The fourth-order valence-corrected chi connectivity index (χ4v) is 3.23. The first-order valence-electron chi connectivity index (χ1n) is 7.84. The van der Waals surface area contributed by atoms with Crippen molar-refractivity contribution in [2.75, 3.05) is 13.1 Å². The topological polar surface area (TPSA) is 15.3 Å². The second kappa shape index (κ2) is 8.16. The molecule has 0 bridgehead atoms. The molecule has 1 aromatic rings. The van der Waals surface area contributed by atoms with Crippen LogP contribution in [-0.4, -0.2) is 30.1 Å². The molecular formula is C17H32N2S. The second-order valence-electron chi connectivity index (χ2n) is 6.91. The molecule has 3 heteroatoms. The Bertz CT molecular complexity index is 352. The minimum Gasteiger partial charge on any atom is -0.314 e. The molecule has 2 nitrogen and oxygen atoms in total. The maximum absolute atomic E-state index is 3.65. The van der Waals surface area contributed by atoms with Gasteiger partial charge in [0.15, 0.2) is 0 Å². The van der Waals surface area contributed by atoms with E-state index >= 15 is 0 Å². The summed E-state index contributed by atoms with van der Waals surface area (Å²) < 4.78 is 0. The van der Waals surface area contributed by atoms with Crippen LogP contribution in [0, 0.1) is 5.41 Å². The van der Waals surface area contributed by atoms with Crippen LogP contribution in [0.25, 0.3) is 0 Å². The zero-order valence-electron chi connectivity index (χ0n) is 14.1. The normalized spacial score (nSPS) is 14.2. The van der Waals surface area contributed by atoms with Crippen LogP contribution in [0.3, 0.4) is 0 Å². The summed E-state index contributed by atoms with van der Waals surface area (Å²) in [5.41, 5.74) is 0.321. The predicted molar refractivity (Wildman–Crippen MR) is 91.4 cm³/mol. The van der Waals surface area contributed by atoms with Crippen molar-refractivity contribution in [3.8, 4) is 0 Å². The molecule has 20 heavy (non-hydrogen) atoms. The van der Waals surface area contributed by atoms with E-state index in [-0.39, 0.29) is 0 Å². The van der Waals surface area contributed by atoms with Crippen molar-refractivity contribution in [3.05, 3.63) is 22.4 Å². The van der Waals surface area contributed by atoms with Gasteiger partial charge in [-0.15, -0.1) is 11.3 Å². The summed E-state index contributed by atoms with van der Waals surface area (Å²) in [5.74, 6) is 0. The largest absolute Gasteiger partial charge is 0.314 e. The highest BCUT2D eigenvalue weighted by Crippen LogP contribution is 2.23. The van der Waals surface area contributed by atoms with Gasteiger partial charge in [-0.3, -0.25) is 4.90 Å². The molecule has 1 heterocycles. The number of nitrogens with zero attached hydrogens (tertiary/aromatic N) is 1. The Hall–Kier alpha value is -0.380. The van der Waals surface area contributed by atoms with Crippen molar-refractivity contribution in [2.45, 2.75) is 66.6 Å². The first-order chi connectivity index (χ1) is 9.34. The van der Waals surface area contributed by atoms with Crippen LogP contribution in [0.5, 0.6) is 0 Å². The van der Waals surface area contributed by atoms with Gasteiger partial charge in [0.2, 0.25) is 0 Å². The summed E-state index contributed by atoms with van der Waals surface area (Å²) in [5, 5.41) is 5.82. The third-order valence-corrected chi connectivity index (χ3v) is 4.73. The lowest BCUT2D eigenvalue weighted by Gasteiger charge is -2.34. The molecule has 1 N–H and O–H groups in total. The molecule has 0 saturated carbocycles. The molecule has 0 aliphatic rings. The van der Waals surface area contributed by atoms with E-state index in [1.165, 1.54) is 11.3 Å². The Kier molecular flexibility index (Phi) is 7.21. The molecule has 0 fully saturated rings.